The Morgan fingerprint density at radius 1 is 1.62 bits per heavy atom. The average Bonchev–Trinajstić information content (AvgIpc) is 2.56. The van der Waals surface area contributed by atoms with Crippen LogP contribution < -0.4 is 11.0 Å². The average molecular weight is 244 g/mol. The first-order valence-electron chi connectivity index (χ1n) is 5.17. The molecule has 1 aromatic rings. The Hall–Kier alpha value is -1.24. The minimum Gasteiger partial charge on any atom is -0.356 e. The van der Waals surface area contributed by atoms with Crippen molar-refractivity contribution in [2.24, 2.45) is 0 Å². The van der Waals surface area contributed by atoms with E-state index in [2.05, 4.69) is 15.5 Å². The van der Waals surface area contributed by atoms with Crippen molar-refractivity contribution in [3.05, 3.63) is 10.5 Å². The number of thioether (sulfide) groups is 1. The van der Waals surface area contributed by atoms with Crippen molar-refractivity contribution in [2.45, 2.75) is 32.0 Å². The van der Waals surface area contributed by atoms with E-state index >= 15 is 0 Å². The van der Waals surface area contributed by atoms with Crippen LogP contribution in [-0.2, 0) is 11.3 Å². The molecule has 0 unspecified atom stereocenters. The molecule has 90 valence electrons. The molecule has 0 aliphatic heterocycles. The van der Waals surface area contributed by atoms with Gasteiger partial charge in [0.2, 0.25) is 5.91 Å². The molecule has 1 heterocycles. The summed E-state index contributed by atoms with van der Waals surface area (Å²) in [5.74, 6) is 0.654. The van der Waals surface area contributed by atoms with Crippen molar-refractivity contribution < 1.29 is 4.79 Å². The van der Waals surface area contributed by atoms with E-state index in [0.717, 1.165) is 6.42 Å². The predicted octanol–water partition coefficient (Wildman–Crippen LogP) is 0.210. The minimum absolute atomic E-state index is 0.0476. The van der Waals surface area contributed by atoms with Crippen molar-refractivity contribution in [1.82, 2.24) is 20.1 Å². The summed E-state index contributed by atoms with van der Waals surface area (Å²) in [5, 5.41) is 9.71. The van der Waals surface area contributed by atoms with E-state index in [1.165, 1.54) is 18.7 Å². The fraction of sp³-hybridized carbons (Fsp3) is 0.667. The molecule has 1 aromatic heterocycles. The van der Waals surface area contributed by atoms with Gasteiger partial charge in [-0.1, -0.05) is 18.7 Å². The second kappa shape index (κ2) is 6.37. The third-order valence-electron chi connectivity index (χ3n) is 1.88. The summed E-state index contributed by atoms with van der Waals surface area (Å²) in [5.41, 5.74) is -0.177. The first-order chi connectivity index (χ1) is 7.65. The molecule has 16 heavy (non-hydrogen) atoms. The van der Waals surface area contributed by atoms with Crippen LogP contribution >= 0.6 is 11.8 Å². The molecule has 7 heteroatoms. The molecule has 0 bridgehead atoms. The number of H-pyrrole nitrogens is 1. The van der Waals surface area contributed by atoms with Crippen molar-refractivity contribution >= 4 is 17.7 Å². The highest BCUT2D eigenvalue weighted by Crippen LogP contribution is 2.12. The number of rotatable bonds is 6. The van der Waals surface area contributed by atoms with Crippen LogP contribution in [0.5, 0.6) is 0 Å². The van der Waals surface area contributed by atoms with E-state index in [1.54, 1.807) is 4.57 Å². The van der Waals surface area contributed by atoms with Gasteiger partial charge >= 0.3 is 5.69 Å². The standard InChI is InChI=1S/C9H16N4O2S/c1-3-5-13-8(15)11-12-9(13)16-6-4-10-7(2)14/h3-6H2,1-2H3,(H,10,14)(H,11,15). The SMILES string of the molecule is CCCn1c(SCCNC(C)=O)n[nH]c1=O. The van der Waals surface area contributed by atoms with Crippen LogP contribution in [0.25, 0.3) is 0 Å². The van der Waals surface area contributed by atoms with Gasteiger partial charge < -0.3 is 5.32 Å². The van der Waals surface area contributed by atoms with E-state index in [1.807, 2.05) is 6.92 Å². The maximum Gasteiger partial charge on any atom is 0.343 e. The molecule has 6 nitrogen and oxygen atoms in total. The van der Waals surface area contributed by atoms with Gasteiger partial charge in [-0.25, -0.2) is 9.89 Å². The molecule has 0 saturated heterocycles. The van der Waals surface area contributed by atoms with E-state index in [-0.39, 0.29) is 11.6 Å². The molecule has 0 aliphatic rings. The number of aromatic amines is 1. The summed E-state index contributed by atoms with van der Waals surface area (Å²) in [6.45, 7) is 4.72. The Bertz CT molecular complexity index is 398. The number of hydrogen-bond donors (Lipinski definition) is 2. The minimum atomic E-state index is -0.177. The zero-order valence-electron chi connectivity index (χ0n) is 9.45. The van der Waals surface area contributed by atoms with Crippen LogP contribution in [0.3, 0.4) is 0 Å². The maximum absolute atomic E-state index is 11.3. The molecule has 0 aromatic carbocycles. The van der Waals surface area contributed by atoms with Crippen molar-refractivity contribution in [2.75, 3.05) is 12.3 Å². The molecule has 0 spiro atoms. The van der Waals surface area contributed by atoms with E-state index in [0.29, 0.717) is 24.0 Å². The fourth-order valence-corrected chi connectivity index (χ4v) is 2.03. The summed E-state index contributed by atoms with van der Waals surface area (Å²) in [6, 6.07) is 0. The molecule has 0 atom stereocenters. The fourth-order valence-electron chi connectivity index (χ4n) is 1.20. The number of nitrogens with zero attached hydrogens (tertiary/aromatic N) is 2. The van der Waals surface area contributed by atoms with Crippen LogP contribution in [0.4, 0.5) is 0 Å². The van der Waals surface area contributed by atoms with Crippen LogP contribution in [0.2, 0.25) is 0 Å². The van der Waals surface area contributed by atoms with Crippen LogP contribution in [0, 0.1) is 0 Å². The van der Waals surface area contributed by atoms with Gasteiger partial charge in [-0.3, -0.25) is 9.36 Å². The molecule has 0 fully saturated rings. The quantitative estimate of drug-likeness (QED) is 0.554. The van der Waals surface area contributed by atoms with Gasteiger partial charge in [0.25, 0.3) is 0 Å². The van der Waals surface area contributed by atoms with Crippen LogP contribution in [0.1, 0.15) is 20.3 Å². The lowest BCUT2D eigenvalue weighted by Crippen LogP contribution is -2.22. The highest BCUT2D eigenvalue weighted by molar-refractivity contribution is 7.99. The monoisotopic (exact) mass is 244 g/mol. The number of carbonyl (C=O) groups is 1. The molecule has 1 amide bonds. The topological polar surface area (TPSA) is 79.8 Å². The van der Waals surface area contributed by atoms with E-state index < -0.39 is 0 Å². The third kappa shape index (κ3) is 3.73. The summed E-state index contributed by atoms with van der Waals surface area (Å²) < 4.78 is 1.61. The smallest absolute Gasteiger partial charge is 0.343 e. The lowest BCUT2D eigenvalue weighted by Gasteiger charge is -2.03. The zero-order valence-corrected chi connectivity index (χ0v) is 10.3. The Labute approximate surface area is 97.8 Å². The first kappa shape index (κ1) is 12.8. The summed E-state index contributed by atoms with van der Waals surface area (Å²) in [6.07, 6.45) is 0.888. The first-order valence-corrected chi connectivity index (χ1v) is 6.16. The molecule has 0 aliphatic carbocycles. The van der Waals surface area contributed by atoms with Gasteiger partial charge in [-0.05, 0) is 6.42 Å². The van der Waals surface area contributed by atoms with E-state index in [9.17, 15) is 9.59 Å². The predicted molar refractivity (Wildman–Crippen MR) is 62.5 cm³/mol. The second-order valence-corrected chi connectivity index (χ2v) is 4.36. The molecule has 2 N–H and O–H groups in total. The second-order valence-electron chi connectivity index (χ2n) is 3.29. The highest BCUT2D eigenvalue weighted by atomic mass is 32.2. The van der Waals surface area contributed by atoms with Gasteiger partial charge in [0, 0.05) is 25.8 Å². The van der Waals surface area contributed by atoms with E-state index in [4.69, 9.17) is 0 Å². The Balaban J connectivity index is 2.47. The molecule has 1 rings (SSSR count). The third-order valence-corrected chi connectivity index (χ3v) is 2.86. The number of aromatic nitrogens is 3. The number of nitrogens with one attached hydrogen (secondary N) is 2. The largest absolute Gasteiger partial charge is 0.356 e. The Morgan fingerprint density at radius 2 is 2.38 bits per heavy atom. The lowest BCUT2D eigenvalue weighted by molar-refractivity contribution is -0.118. The Kier molecular flexibility index (Phi) is 5.10. The van der Waals surface area contributed by atoms with Gasteiger partial charge in [-0.2, -0.15) is 0 Å². The van der Waals surface area contributed by atoms with Gasteiger partial charge in [0.1, 0.15) is 0 Å². The number of amides is 1. The highest BCUT2D eigenvalue weighted by Gasteiger charge is 2.07. The van der Waals surface area contributed by atoms with Gasteiger partial charge in [0.15, 0.2) is 5.16 Å². The van der Waals surface area contributed by atoms with Crippen LogP contribution in [0.15, 0.2) is 9.95 Å². The number of carbonyl (C=O) groups excluding carboxylic acids is 1. The Morgan fingerprint density at radius 3 is 3.00 bits per heavy atom. The maximum atomic E-state index is 11.3. The van der Waals surface area contributed by atoms with Gasteiger partial charge in [0.05, 0.1) is 0 Å². The van der Waals surface area contributed by atoms with Crippen molar-refractivity contribution in [3.63, 3.8) is 0 Å². The molecular weight excluding hydrogens is 228 g/mol. The number of hydrogen-bond acceptors (Lipinski definition) is 4. The molecule has 0 radical (unpaired) electrons. The van der Waals surface area contributed by atoms with Crippen molar-refractivity contribution in [1.29, 1.82) is 0 Å². The van der Waals surface area contributed by atoms with Gasteiger partial charge in [-0.15, -0.1) is 5.10 Å². The van der Waals surface area contributed by atoms with Crippen LogP contribution in [-0.4, -0.2) is 33.0 Å². The van der Waals surface area contributed by atoms with Crippen molar-refractivity contribution in [3.8, 4) is 0 Å². The molecule has 0 saturated carbocycles. The summed E-state index contributed by atoms with van der Waals surface area (Å²) in [7, 11) is 0. The molecular formula is C9H16N4O2S. The lowest BCUT2D eigenvalue weighted by atomic mass is 10.5. The summed E-state index contributed by atoms with van der Waals surface area (Å²) in [4.78, 5) is 22.0. The normalized spacial score (nSPS) is 10.4. The summed E-state index contributed by atoms with van der Waals surface area (Å²) >= 11 is 1.46. The zero-order chi connectivity index (χ0) is 12.0.